The number of aromatic nitrogens is 2. The number of nitrogens with two attached hydrogens (primary N) is 1. The fourth-order valence-corrected chi connectivity index (χ4v) is 4.80. The summed E-state index contributed by atoms with van der Waals surface area (Å²) in [5.74, 6) is -1.42. The van der Waals surface area contributed by atoms with Gasteiger partial charge in [0.1, 0.15) is 23.6 Å². The van der Waals surface area contributed by atoms with E-state index in [0.29, 0.717) is 27.5 Å². The van der Waals surface area contributed by atoms with Gasteiger partial charge in [0.25, 0.3) is 0 Å². The standard InChI is InChI=1S/C23H15Cl2N5O4/c1-33-17(31)10-30-16-5-3-2-4-12(16)23(22(30)32)13(9-26)20(27)34-21-18(23)19(28-29-21)11-6-7-14(24)15(25)8-11/h2-8H,10,27H2,1H3,(H,28,29)/t23-/m1/s1. The number of aromatic amines is 1. The number of rotatable bonds is 3. The highest BCUT2D eigenvalue weighted by atomic mass is 35.5. The maximum absolute atomic E-state index is 14.2. The number of hydrogen-bond acceptors (Lipinski definition) is 7. The van der Waals surface area contributed by atoms with E-state index in [9.17, 15) is 14.9 Å². The number of amides is 1. The summed E-state index contributed by atoms with van der Waals surface area (Å²) < 4.78 is 10.4. The molecular weight excluding hydrogens is 481 g/mol. The van der Waals surface area contributed by atoms with Gasteiger partial charge in [0.05, 0.1) is 28.4 Å². The van der Waals surface area contributed by atoms with Crippen molar-refractivity contribution < 1.29 is 19.1 Å². The smallest absolute Gasteiger partial charge is 0.325 e. The van der Waals surface area contributed by atoms with Crippen LogP contribution in [0.2, 0.25) is 10.0 Å². The van der Waals surface area contributed by atoms with Crippen molar-refractivity contribution >= 4 is 40.8 Å². The Hall–Kier alpha value is -4.00. The molecule has 5 rings (SSSR count). The first-order chi connectivity index (χ1) is 16.3. The molecule has 170 valence electrons. The van der Waals surface area contributed by atoms with Crippen molar-refractivity contribution in [2.75, 3.05) is 18.6 Å². The van der Waals surface area contributed by atoms with Gasteiger partial charge in [-0.25, -0.2) is 0 Å². The molecule has 2 aliphatic heterocycles. The van der Waals surface area contributed by atoms with Crippen LogP contribution in [0, 0.1) is 11.3 Å². The molecule has 0 fully saturated rings. The fourth-order valence-electron chi connectivity index (χ4n) is 4.50. The molecule has 1 amide bonds. The zero-order valence-electron chi connectivity index (χ0n) is 17.6. The third-order valence-electron chi connectivity index (χ3n) is 5.94. The van der Waals surface area contributed by atoms with E-state index >= 15 is 0 Å². The van der Waals surface area contributed by atoms with Gasteiger partial charge in [-0.15, -0.1) is 5.10 Å². The summed E-state index contributed by atoms with van der Waals surface area (Å²) in [5.41, 5.74) is 6.40. The fraction of sp³-hybridized carbons (Fsp3) is 0.130. The molecule has 0 saturated carbocycles. The van der Waals surface area contributed by atoms with Crippen LogP contribution in [-0.4, -0.2) is 35.7 Å². The second-order valence-corrected chi connectivity index (χ2v) is 8.41. The van der Waals surface area contributed by atoms with Crippen LogP contribution in [0.25, 0.3) is 11.3 Å². The van der Waals surface area contributed by atoms with Gasteiger partial charge in [0.15, 0.2) is 0 Å². The highest BCUT2D eigenvalue weighted by molar-refractivity contribution is 6.42. The van der Waals surface area contributed by atoms with Crippen molar-refractivity contribution in [3.63, 3.8) is 0 Å². The summed E-state index contributed by atoms with van der Waals surface area (Å²) in [4.78, 5) is 27.6. The maximum atomic E-state index is 14.2. The van der Waals surface area contributed by atoms with E-state index in [-0.39, 0.29) is 34.5 Å². The van der Waals surface area contributed by atoms with E-state index in [0.717, 1.165) is 0 Å². The second-order valence-electron chi connectivity index (χ2n) is 7.60. The van der Waals surface area contributed by atoms with Crippen molar-refractivity contribution in [3.05, 3.63) is 75.1 Å². The molecular formula is C23H15Cl2N5O4. The van der Waals surface area contributed by atoms with Crippen LogP contribution in [0.15, 0.2) is 53.9 Å². The number of halogens is 2. The Morgan fingerprint density at radius 3 is 2.76 bits per heavy atom. The minimum Gasteiger partial charge on any atom is -0.468 e. The Bertz CT molecular complexity index is 1460. The zero-order chi connectivity index (χ0) is 24.2. The number of methoxy groups -OCH3 is 1. The third kappa shape index (κ3) is 2.83. The third-order valence-corrected chi connectivity index (χ3v) is 6.67. The van der Waals surface area contributed by atoms with Crippen LogP contribution in [0.5, 0.6) is 5.88 Å². The van der Waals surface area contributed by atoms with Crippen LogP contribution in [-0.2, 0) is 19.7 Å². The number of nitrogens with one attached hydrogen (secondary N) is 1. The summed E-state index contributed by atoms with van der Waals surface area (Å²) in [6.07, 6.45) is 0. The quantitative estimate of drug-likeness (QED) is 0.532. The number of hydrogen-bond donors (Lipinski definition) is 2. The Labute approximate surface area is 203 Å². The first-order valence-electron chi connectivity index (χ1n) is 9.95. The molecule has 2 aromatic carbocycles. The van der Waals surface area contributed by atoms with Crippen LogP contribution in [0.4, 0.5) is 5.69 Å². The van der Waals surface area contributed by atoms with E-state index in [2.05, 4.69) is 16.3 Å². The summed E-state index contributed by atoms with van der Waals surface area (Å²) >= 11 is 12.3. The number of para-hydroxylation sites is 1. The molecule has 34 heavy (non-hydrogen) atoms. The molecule has 0 aliphatic carbocycles. The van der Waals surface area contributed by atoms with Gasteiger partial charge in [0.2, 0.25) is 17.7 Å². The molecule has 0 radical (unpaired) electrons. The molecule has 1 spiro atoms. The molecule has 3 N–H and O–H groups in total. The average Bonchev–Trinajstić information content (AvgIpc) is 3.35. The van der Waals surface area contributed by atoms with Crippen molar-refractivity contribution in [2.45, 2.75) is 5.41 Å². The molecule has 3 aromatic rings. The molecule has 3 heterocycles. The summed E-state index contributed by atoms with van der Waals surface area (Å²) in [6, 6.07) is 13.8. The Morgan fingerprint density at radius 1 is 1.29 bits per heavy atom. The predicted octanol–water partition coefficient (Wildman–Crippen LogP) is 3.28. The Kier molecular flexibility index (Phi) is 5.01. The lowest BCUT2D eigenvalue weighted by Gasteiger charge is -2.32. The number of anilines is 1. The molecule has 2 aliphatic rings. The number of carbonyl (C=O) groups excluding carboxylic acids is 2. The van der Waals surface area contributed by atoms with Gasteiger partial charge in [-0.3, -0.25) is 19.6 Å². The lowest BCUT2D eigenvalue weighted by atomic mass is 9.68. The van der Waals surface area contributed by atoms with Gasteiger partial charge in [0, 0.05) is 16.8 Å². The lowest BCUT2D eigenvalue weighted by Crippen LogP contribution is -2.47. The number of nitriles is 1. The normalized spacial score (nSPS) is 18.4. The first kappa shape index (κ1) is 21.8. The highest BCUT2D eigenvalue weighted by Crippen LogP contribution is 2.57. The van der Waals surface area contributed by atoms with Gasteiger partial charge < -0.3 is 15.2 Å². The maximum Gasteiger partial charge on any atom is 0.325 e. The zero-order valence-corrected chi connectivity index (χ0v) is 19.1. The molecule has 1 atom stereocenters. The van der Waals surface area contributed by atoms with Crippen molar-refractivity contribution in [1.29, 1.82) is 5.26 Å². The largest absolute Gasteiger partial charge is 0.468 e. The minimum atomic E-state index is -1.72. The van der Waals surface area contributed by atoms with Gasteiger partial charge in [-0.2, -0.15) is 5.26 Å². The first-order valence-corrected chi connectivity index (χ1v) is 10.7. The second kappa shape index (κ2) is 7.80. The van der Waals surface area contributed by atoms with Crippen LogP contribution in [0.1, 0.15) is 11.1 Å². The van der Waals surface area contributed by atoms with E-state index < -0.39 is 17.3 Å². The van der Waals surface area contributed by atoms with E-state index in [4.69, 9.17) is 38.4 Å². The molecule has 0 bridgehead atoms. The van der Waals surface area contributed by atoms with Crippen LogP contribution >= 0.6 is 23.2 Å². The van der Waals surface area contributed by atoms with E-state index in [1.54, 1.807) is 42.5 Å². The lowest BCUT2D eigenvalue weighted by molar-refractivity contribution is -0.140. The summed E-state index contributed by atoms with van der Waals surface area (Å²) in [5, 5.41) is 17.9. The minimum absolute atomic E-state index is 0.0284. The van der Waals surface area contributed by atoms with Crippen LogP contribution in [0.3, 0.4) is 0 Å². The molecule has 0 saturated heterocycles. The number of carbonyl (C=O) groups is 2. The summed E-state index contributed by atoms with van der Waals surface area (Å²) in [7, 11) is 1.23. The van der Waals surface area contributed by atoms with Crippen molar-refractivity contribution in [1.82, 2.24) is 10.2 Å². The number of esters is 1. The topological polar surface area (TPSA) is 134 Å². The SMILES string of the molecule is COC(=O)CN1C(=O)[C@@]2(C(C#N)=C(N)Oc3n[nH]c(-c4ccc(Cl)c(Cl)c4)c32)c2ccccc21. The van der Waals surface area contributed by atoms with Gasteiger partial charge >= 0.3 is 5.97 Å². The number of ether oxygens (including phenoxy) is 2. The molecule has 1 aromatic heterocycles. The van der Waals surface area contributed by atoms with Gasteiger partial charge in [-0.1, -0.05) is 47.5 Å². The average molecular weight is 496 g/mol. The van der Waals surface area contributed by atoms with E-state index in [1.807, 2.05) is 0 Å². The van der Waals surface area contributed by atoms with Crippen LogP contribution < -0.4 is 15.4 Å². The molecule has 0 unspecified atom stereocenters. The number of nitrogens with zero attached hydrogens (tertiary/aromatic N) is 3. The summed E-state index contributed by atoms with van der Waals surface area (Å²) in [6.45, 7) is -0.358. The Balaban J connectivity index is 1.85. The van der Waals surface area contributed by atoms with Crippen molar-refractivity contribution in [2.24, 2.45) is 5.73 Å². The van der Waals surface area contributed by atoms with Gasteiger partial charge in [-0.05, 0) is 18.2 Å². The predicted molar refractivity (Wildman–Crippen MR) is 123 cm³/mol. The van der Waals surface area contributed by atoms with Crippen molar-refractivity contribution in [3.8, 4) is 23.2 Å². The number of H-pyrrole nitrogens is 1. The molecule has 11 heteroatoms. The number of fused-ring (bicyclic) bond motifs is 4. The molecule has 9 nitrogen and oxygen atoms in total. The number of benzene rings is 2. The highest BCUT2D eigenvalue weighted by Gasteiger charge is 2.61. The van der Waals surface area contributed by atoms with E-state index in [1.165, 1.54) is 12.0 Å². The monoisotopic (exact) mass is 495 g/mol. The Morgan fingerprint density at radius 2 is 2.06 bits per heavy atom.